The van der Waals surface area contributed by atoms with Crippen molar-refractivity contribution in [1.82, 2.24) is 10.3 Å². The monoisotopic (exact) mass is 302 g/mol. The molecule has 20 heavy (non-hydrogen) atoms. The Bertz CT molecular complexity index is 583. The summed E-state index contributed by atoms with van der Waals surface area (Å²) in [6.07, 6.45) is -4.71. The summed E-state index contributed by atoms with van der Waals surface area (Å²) in [5.74, 6) is -0.202. The number of benzene rings is 1. The lowest BCUT2D eigenvalue weighted by Gasteiger charge is -2.20. The lowest BCUT2D eigenvalue weighted by molar-refractivity contribution is -0.274. The molecule has 1 unspecified atom stereocenters. The van der Waals surface area contributed by atoms with Gasteiger partial charge in [-0.05, 0) is 20.0 Å². The first-order chi connectivity index (χ1) is 9.42. The Morgan fingerprint density at radius 3 is 2.55 bits per heavy atom. The molecule has 0 saturated heterocycles. The van der Waals surface area contributed by atoms with Crippen LogP contribution in [0.5, 0.6) is 5.75 Å². The maximum absolute atomic E-state index is 12.5. The number of nitrogens with zero attached hydrogens (tertiary/aromatic N) is 1. The van der Waals surface area contributed by atoms with E-state index in [1.807, 2.05) is 6.92 Å². The van der Waals surface area contributed by atoms with E-state index < -0.39 is 6.36 Å². The van der Waals surface area contributed by atoms with E-state index in [9.17, 15) is 13.2 Å². The summed E-state index contributed by atoms with van der Waals surface area (Å²) >= 11 is 1.39. The number of ether oxygens (including phenoxy) is 1. The van der Waals surface area contributed by atoms with Crippen LogP contribution in [0.1, 0.15) is 22.2 Å². The smallest absolute Gasteiger partial charge is 0.405 e. The number of hydrogen-bond donors (Lipinski definition) is 1. The standard InChI is InChI=1S/C13H13F3N2OS/c1-8-12(20-7-18-8)11(17-2)9-5-3-4-6-10(9)19-13(14,15)16/h3-7,11,17H,1-2H3. The van der Waals surface area contributed by atoms with Crippen molar-refractivity contribution in [2.24, 2.45) is 0 Å². The summed E-state index contributed by atoms with van der Waals surface area (Å²) in [4.78, 5) is 5.00. The summed E-state index contributed by atoms with van der Waals surface area (Å²) < 4.78 is 41.5. The Morgan fingerprint density at radius 2 is 2.00 bits per heavy atom. The molecule has 0 saturated carbocycles. The molecule has 0 radical (unpaired) electrons. The van der Waals surface area contributed by atoms with Gasteiger partial charge in [-0.25, -0.2) is 4.98 Å². The van der Waals surface area contributed by atoms with Crippen LogP contribution in [0.2, 0.25) is 0 Å². The van der Waals surface area contributed by atoms with Gasteiger partial charge in [0.25, 0.3) is 0 Å². The summed E-state index contributed by atoms with van der Waals surface area (Å²) in [6, 6.07) is 5.72. The van der Waals surface area contributed by atoms with Gasteiger partial charge in [-0.15, -0.1) is 24.5 Å². The second-order valence-electron chi connectivity index (χ2n) is 4.11. The number of nitrogens with one attached hydrogen (secondary N) is 1. The molecular formula is C13H13F3N2OS. The molecule has 2 aromatic rings. The van der Waals surface area contributed by atoms with Gasteiger partial charge in [0, 0.05) is 10.4 Å². The predicted octanol–water partition coefficient (Wildman–Crippen LogP) is 3.66. The minimum Gasteiger partial charge on any atom is -0.405 e. The molecule has 0 amide bonds. The second kappa shape index (κ2) is 5.80. The van der Waals surface area contributed by atoms with Crippen LogP contribution in [0.3, 0.4) is 0 Å². The Morgan fingerprint density at radius 1 is 1.30 bits per heavy atom. The molecular weight excluding hydrogens is 289 g/mol. The van der Waals surface area contributed by atoms with Crippen LogP contribution in [0.15, 0.2) is 29.8 Å². The fourth-order valence-corrected chi connectivity index (χ4v) is 2.88. The Labute approximate surface area is 118 Å². The summed E-state index contributed by atoms with van der Waals surface area (Å²) in [6.45, 7) is 1.82. The average Bonchev–Trinajstić information content (AvgIpc) is 2.77. The van der Waals surface area contributed by atoms with Gasteiger partial charge in [0.05, 0.1) is 17.2 Å². The molecule has 108 valence electrons. The zero-order valence-electron chi connectivity index (χ0n) is 10.9. The van der Waals surface area contributed by atoms with E-state index in [1.54, 1.807) is 24.7 Å². The van der Waals surface area contributed by atoms with Crippen LogP contribution in [-0.2, 0) is 0 Å². The van der Waals surface area contributed by atoms with Crippen molar-refractivity contribution in [3.05, 3.63) is 45.9 Å². The number of halogens is 3. The van der Waals surface area contributed by atoms with Crippen molar-refractivity contribution >= 4 is 11.3 Å². The molecule has 3 nitrogen and oxygen atoms in total. The molecule has 1 atom stereocenters. The van der Waals surface area contributed by atoms with Crippen LogP contribution in [0, 0.1) is 6.92 Å². The molecule has 1 aromatic carbocycles. The van der Waals surface area contributed by atoms with Crippen molar-refractivity contribution in [3.63, 3.8) is 0 Å². The third-order valence-corrected chi connectivity index (χ3v) is 3.79. The lowest BCUT2D eigenvalue weighted by atomic mass is 10.0. The molecule has 0 spiro atoms. The summed E-state index contributed by atoms with van der Waals surface area (Å²) in [5, 5.41) is 3.01. The quantitative estimate of drug-likeness (QED) is 0.936. The Hall–Kier alpha value is -1.60. The highest BCUT2D eigenvalue weighted by atomic mass is 32.1. The molecule has 1 aromatic heterocycles. The van der Waals surface area contributed by atoms with Crippen LogP contribution in [-0.4, -0.2) is 18.4 Å². The van der Waals surface area contributed by atoms with Gasteiger partial charge in [0.15, 0.2) is 0 Å². The van der Waals surface area contributed by atoms with Crippen molar-refractivity contribution in [3.8, 4) is 5.75 Å². The molecule has 0 aliphatic carbocycles. The Balaban J connectivity index is 2.43. The third-order valence-electron chi connectivity index (χ3n) is 2.79. The van der Waals surface area contributed by atoms with Gasteiger partial charge in [0.2, 0.25) is 0 Å². The van der Waals surface area contributed by atoms with E-state index in [2.05, 4.69) is 15.0 Å². The molecule has 0 bridgehead atoms. The van der Waals surface area contributed by atoms with E-state index in [4.69, 9.17) is 0 Å². The maximum Gasteiger partial charge on any atom is 0.573 e. The molecule has 1 N–H and O–H groups in total. The van der Waals surface area contributed by atoms with Crippen molar-refractivity contribution in [2.45, 2.75) is 19.3 Å². The first-order valence-corrected chi connectivity index (χ1v) is 6.72. The minimum atomic E-state index is -4.71. The van der Waals surface area contributed by atoms with Crippen molar-refractivity contribution in [2.75, 3.05) is 7.05 Å². The number of rotatable bonds is 4. The van der Waals surface area contributed by atoms with Gasteiger partial charge in [-0.3, -0.25) is 0 Å². The fraction of sp³-hybridized carbons (Fsp3) is 0.308. The van der Waals surface area contributed by atoms with E-state index in [0.29, 0.717) is 5.56 Å². The molecule has 7 heteroatoms. The fourth-order valence-electron chi connectivity index (χ4n) is 1.95. The Kier molecular flexibility index (Phi) is 4.29. The number of para-hydroxylation sites is 1. The van der Waals surface area contributed by atoms with Crippen LogP contribution in [0.25, 0.3) is 0 Å². The van der Waals surface area contributed by atoms with Crippen LogP contribution >= 0.6 is 11.3 Å². The molecule has 1 heterocycles. The second-order valence-corrected chi connectivity index (χ2v) is 5.00. The molecule has 0 aliphatic heterocycles. The number of aryl methyl sites for hydroxylation is 1. The first-order valence-electron chi connectivity index (χ1n) is 5.84. The molecule has 0 aliphatic rings. The summed E-state index contributed by atoms with van der Waals surface area (Å²) in [7, 11) is 1.69. The number of hydrogen-bond acceptors (Lipinski definition) is 4. The van der Waals surface area contributed by atoms with Crippen molar-refractivity contribution < 1.29 is 17.9 Å². The first kappa shape index (κ1) is 14.8. The van der Waals surface area contributed by atoms with Crippen LogP contribution < -0.4 is 10.1 Å². The maximum atomic E-state index is 12.5. The highest BCUT2D eigenvalue weighted by Gasteiger charge is 2.33. The third kappa shape index (κ3) is 3.29. The van der Waals surface area contributed by atoms with E-state index in [0.717, 1.165) is 10.6 Å². The van der Waals surface area contributed by atoms with Crippen LogP contribution in [0.4, 0.5) is 13.2 Å². The van der Waals surface area contributed by atoms with Gasteiger partial charge in [0.1, 0.15) is 5.75 Å². The topological polar surface area (TPSA) is 34.1 Å². The van der Waals surface area contributed by atoms with Gasteiger partial charge >= 0.3 is 6.36 Å². The van der Waals surface area contributed by atoms with E-state index in [-0.39, 0.29) is 11.8 Å². The highest BCUT2D eigenvalue weighted by molar-refractivity contribution is 7.09. The molecule has 0 fully saturated rings. The highest BCUT2D eigenvalue weighted by Crippen LogP contribution is 2.35. The number of aromatic nitrogens is 1. The van der Waals surface area contributed by atoms with E-state index >= 15 is 0 Å². The summed E-state index contributed by atoms with van der Waals surface area (Å²) in [5.41, 5.74) is 2.89. The lowest BCUT2D eigenvalue weighted by Crippen LogP contribution is -2.22. The largest absolute Gasteiger partial charge is 0.573 e. The van der Waals surface area contributed by atoms with Gasteiger partial charge in [-0.2, -0.15) is 0 Å². The number of alkyl halides is 3. The van der Waals surface area contributed by atoms with Crippen molar-refractivity contribution in [1.29, 1.82) is 0 Å². The molecule has 2 rings (SSSR count). The zero-order chi connectivity index (χ0) is 14.8. The SMILES string of the molecule is CNC(c1ccccc1OC(F)(F)F)c1scnc1C. The minimum absolute atomic E-state index is 0.202. The van der Waals surface area contributed by atoms with E-state index in [1.165, 1.54) is 23.5 Å². The van der Waals surface area contributed by atoms with Gasteiger partial charge < -0.3 is 10.1 Å². The van der Waals surface area contributed by atoms with Gasteiger partial charge in [-0.1, -0.05) is 18.2 Å². The predicted molar refractivity (Wildman–Crippen MR) is 70.9 cm³/mol. The zero-order valence-corrected chi connectivity index (χ0v) is 11.7. The normalized spacial score (nSPS) is 13.2. The average molecular weight is 302 g/mol. The number of thiazole rings is 1.